The zero-order valence-corrected chi connectivity index (χ0v) is 21.0. The fourth-order valence-electron chi connectivity index (χ4n) is 4.59. The van der Waals surface area contributed by atoms with Crippen LogP contribution in [0.5, 0.6) is 5.75 Å². The number of amides is 1. The molecule has 0 bridgehead atoms. The number of benzene rings is 1. The summed E-state index contributed by atoms with van der Waals surface area (Å²) in [6.07, 6.45) is 0.840. The molecule has 1 saturated heterocycles. The topological polar surface area (TPSA) is 98.3 Å². The van der Waals surface area contributed by atoms with Gasteiger partial charge in [-0.25, -0.2) is 15.0 Å². The predicted octanol–water partition coefficient (Wildman–Crippen LogP) is 4.32. The van der Waals surface area contributed by atoms with Gasteiger partial charge in [-0.2, -0.15) is 13.2 Å². The highest BCUT2D eigenvalue weighted by molar-refractivity contribution is 7.14. The second-order valence-electron chi connectivity index (χ2n) is 9.18. The number of hydrogen-bond donors (Lipinski definition) is 2. The Bertz CT molecular complexity index is 1270. The Morgan fingerprint density at radius 2 is 1.97 bits per heavy atom. The fourth-order valence-corrected chi connectivity index (χ4v) is 5.35. The first-order valence-corrected chi connectivity index (χ1v) is 12.8. The van der Waals surface area contributed by atoms with Gasteiger partial charge in [-0.15, -0.1) is 11.3 Å². The Labute approximate surface area is 215 Å². The van der Waals surface area contributed by atoms with Crippen LogP contribution in [0, 0.1) is 6.92 Å². The van der Waals surface area contributed by atoms with Crippen LogP contribution in [0.2, 0.25) is 0 Å². The summed E-state index contributed by atoms with van der Waals surface area (Å²) < 4.78 is 50.7. The number of aryl methyl sites for hydroxylation is 1. The van der Waals surface area contributed by atoms with Crippen molar-refractivity contribution < 1.29 is 27.4 Å². The molecule has 1 aliphatic carbocycles. The van der Waals surface area contributed by atoms with E-state index >= 15 is 0 Å². The maximum atomic E-state index is 13.2. The van der Waals surface area contributed by atoms with Crippen molar-refractivity contribution in [3.8, 4) is 16.3 Å². The van der Waals surface area contributed by atoms with Crippen LogP contribution in [0.4, 0.5) is 13.2 Å². The van der Waals surface area contributed by atoms with E-state index in [1.54, 1.807) is 25.3 Å². The number of hydrogen-bond acceptors (Lipinski definition) is 8. The first-order valence-electron chi connectivity index (χ1n) is 12.0. The summed E-state index contributed by atoms with van der Waals surface area (Å²) in [5, 5.41) is 7.03. The molecule has 1 amide bonds. The highest BCUT2D eigenvalue weighted by Gasteiger charge is 2.40. The van der Waals surface area contributed by atoms with Crippen molar-refractivity contribution in [3.63, 3.8) is 0 Å². The zero-order chi connectivity index (χ0) is 26.2. The van der Waals surface area contributed by atoms with E-state index in [1.807, 2.05) is 13.0 Å². The van der Waals surface area contributed by atoms with Crippen LogP contribution < -0.4 is 15.4 Å². The minimum Gasteiger partial charge on any atom is -0.488 e. The number of rotatable bonds is 6. The average molecular weight is 534 g/mol. The molecule has 1 saturated carbocycles. The molecule has 5 rings (SSSR count). The van der Waals surface area contributed by atoms with Crippen LogP contribution in [0.3, 0.4) is 0 Å². The van der Waals surface area contributed by atoms with Crippen LogP contribution in [0.25, 0.3) is 10.6 Å². The molecule has 3 heterocycles. The first-order chi connectivity index (χ1) is 17.7. The van der Waals surface area contributed by atoms with E-state index in [0.717, 1.165) is 47.2 Å². The van der Waals surface area contributed by atoms with Crippen LogP contribution in [-0.2, 0) is 10.9 Å². The van der Waals surface area contributed by atoms with Crippen molar-refractivity contribution in [2.45, 2.75) is 57.2 Å². The number of ether oxygens (including phenoxy) is 2. The highest BCUT2D eigenvalue weighted by Crippen LogP contribution is 2.33. The molecule has 4 atom stereocenters. The Morgan fingerprint density at radius 3 is 2.68 bits per heavy atom. The van der Waals surface area contributed by atoms with Crippen LogP contribution >= 0.6 is 11.3 Å². The van der Waals surface area contributed by atoms with Gasteiger partial charge in [0.1, 0.15) is 23.0 Å². The van der Waals surface area contributed by atoms with Gasteiger partial charge in [-0.1, -0.05) is 0 Å². The molecule has 0 spiro atoms. The van der Waals surface area contributed by atoms with Crippen molar-refractivity contribution in [1.82, 2.24) is 25.6 Å². The standard InChI is InChI=1S/C25H26F3N5O3S/c1-13-10-30-23(37-13)16-7-15(8-18(9-16)36-20-4-3-19-21(20)35-6-5-29-19)22(34)33-14(2)17-11-31-24(32-12-17)25(26,27)28/h7-12,14,19-21,29H,3-6H2,1-2H3,(H,33,34)/t14-,19+,20-,21-/m1/s1. The monoisotopic (exact) mass is 533 g/mol. The Hall–Kier alpha value is -3.09. The van der Waals surface area contributed by atoms with E-state index in [2.05, 4.69) is 25.6 Å². The third-order valence-electron chi connectivity index (χ3n) is 6.44. The lowest BCUT2D eigenvalue weighted by atomic mass is 10.1. The molecule has 2 fully saturated rings. The SMILES string of the molecule is Cc1cnc(-c2cc(O[C@@H]3CC[C@@H]4NCCO[C@H]43)cc(C(=O)N[C@H](C)c3cnc(C(F)(F)F)nc3)c2)s1. The van der Waals surface area contributed by atoms with Gasteiger partial charge in [0.15, 0.2) is 0 Å². The van der Waals surface area contributed by atoms with Gasteiger partial charge in [0.2, 0.25) is 5.82 Å². The smallest absolute Gasteiger partial charge is 0.451 e. The van der Waals surface area contributed by atoms with Crippen molar-refractivity contribution in [3.05, 3.63) is 58.6 Å². The number of thiazole rings is 1. The fraction of sp³-hybridized carbons (Fsp3) is 0.440. The summed E-state index contributed by atoms with van der Waals surface area (Å²) in [7, 11) is 0. The Kier molecular flexibility index (Phi) is 7.15. The van der Waals surface area contributed by atoms with Gasteiger partial charge in [0, 0.05) is 52.7 Å². The molecule has 2 N–H and O–H groups in total. The van der Waals surface area contributed by atoms with Crippen molar-refractivity contribution in [2.75, 3.05) is 13.2 Å². The molecule has 12 heteroatoms. The molecule has 2 aromatic heterocycles. The van der Waals surface area contributed by atoms with Gasteiger partial charge in [0.25, 0.3) is 5.91 Å². The third-order valence-corrected chi connectivity index (χ3v) is 7.40. The van der Waals surface area contributed by atoms with Gasteiger partial charge < -0.3 is 20.1 Å². The number of halogens is 3. The van der Waals surface area contributed by atoms with E-state index < -0.39 is 23.9 Å². The number of carbonyl (C=O) groups excluding carboxylic acids is 1. The first kappa shape index (κ1) is 25.6. The van der Waals surface area contributed by atoms with Gasteiger partial charge >= 0.3 is 6.18 Å². The summed E-state index contributed by atoms with van der Waals surface area (Å²) in [5.41, 5.74) is 1.43. The Morgan fingerprint density at radius 1 is 1.19 bits per heavy atom. The summed E-state index contributed by atoms with van der Waals surface area (Å²) in [6, 6.07) is 4.89. The van der Waals surface area contributed by atoms with Crippen molar-refractivity contribution in [1.29, 1.82) is 0 Å². The second-order valence-corrected chi connectivity index (χ2v) is 10.4. The minimum atomic E-state index is -4.63. The van der Waals surface area contributed by atoms with E-state index in [-0.39, 0.29) is 18.2 Å². The number of carbonyl (C=O) groups is 1. The third kappa shape index (κ3) is 5.76. The highest BCUT2D eigenvalue weighted by atomic mass is 32.1. The van der Waals surface area contributed by atoms with Crippen LogP contribution in [0.15, 0.2) is 36.8 Å². The van der Waals surface area contributed by atoms with Crippen LogP contribution in [-0.4, -0.2) is 52.3 Å². The largest absolute Gasteiger partial charge is 0.488 e. The summed E-state index contributed by atoms with van der Waals surface area (Å²) in [5.74, 6) is -1.11. The molecule has 1 aliphatic heterocycles. The van der Waals surface area contributed by atoms with Crippen LogP contribution in [0.1, 0.15) is 52.4 Å². The lowest BCUT2D eigenvalue weighted by Gasteiger charge is -2.30. The summed E-state index contributed by atoms with van der Waals surface area (Å²) in [4.78, 5) is 25.5. The molecule has 2 aliphatic rings. The van der Waals surface area contributed by atoms with E-state index in [0.29, 0.717) is 23.5 Å². The number of fused-ring (bicyclic) bond motifs is 1. The average Bonchev–Trinajstić information content (AvgIpc) is 3.50. The molecule has 8 nitrogen and oxygen atoms in total. The molecular weight excluding hydrogens is 507 g/mol. The number of morpholine rings is 1. The maximum absolute atomic E-state index is 13.2. The van der Waals surface area contributed by atoms with Gasteiger partial charge in [-0.05, 0) is 44.9 Å². The summed E-state index contributed by atoms with van der Waals surface area (Å²) in [6.45, 7) is 5.05. The molecule has 0 radical (unpaired) electrons. The van der Waals surface area contributed by atoms with E-state index in [4.69, 9.17) is 9.47 Å². The second kappa shape index (κ2) is 10.3. The van der Waals surface area contributed by atoms with Gasteiger partial charge in [-0.3, -0.25) is 4.79 Å². The number of aromatic nitrogens is 3. The normalized spacial score (nSPS) is 22.4. The molecule has 196 valence electrons. The lowest BCUT2D eigenvalue weighted by molar-refractivity contribution is -0.145. The Balaban J connectivity index is 1.37. The molecule has 37 heavy (non-hydrogen) atoms. The maximum Gasteiger partial charge on any atom is 0.451 e. The molecule has 0 unspecified atom stereocenters. The molecule has 1 aromatic carbocycles. The molecule has 3 aromatic rings. The minimum absolute atomic E-state index is 0.0588. The molecular formula is C25H26F3N5O3S. The number of alkyl halides is 3. The van der Waals surface area contributed by atoms with Gasteiger partial charge in [0.05, 0.1) is 12.6 Å². The quantitative estimate of drug-likeness (QED) is 0.487. The predicted molar refractivity (Wildman–Crippen MR) is 130 cm³/mol. The van der Waals surface area contributed by atoms with E-state index in [1.165, 1.54) is 11.3 Å². The van der Waals surface area contributed by atoms with Crippen molar-refractivity contribution in [2.24, 2.45) is 0 Å². The number of nitrogens with zero attached hydrogens (tertiary/aromatic N) is 3. The number of nitrogens with one attached hydrogen (secondary N) is 2. The summed E-state index contributed by atoms with van der Waals surface area (Å²) >= 11 is 1.50. The zero-order valence-electron chi connectivity index (χ0n) is 20.2. The van der Waals surface area contributed by atoms with Crippen molar-refractivity contribution >= 4 is 17.2 Å². The lowest BCUT2D eigenvalue weighted by Crippen LogP contribution is -2.49. The van der Waals surface area contributed by atoms with E-state index in [9.17, 15) is 18.0 Å².